The summed E-state index contributed by atoms with van der Waals surface area (Å²) in [5.41, 5.74) is 1.95. The molecule has 1 heterocycles. The van der Waals surface area contributed by atoms with Crippen LogP contribution in [0.1, 0.15) is 5.56 Å². The third kappa shape index (κ3) is 2.84. The van der Waals surface area contributed by atoms with Crippen molar-refractivity contribution in [3.05, 3.63) is 52.5 Å². The van der Waals surface area contributed by atoms with E-state index in [2.05, 4.69) is 27.0 Å². The minimum atomic E-state index is 0.0422. The molecule has 19 heavy (non-hydrogen) atoms. The molecule has 2 nitrogen and oxygen atoms in total. The standard InChI is InChI=1S/C14H10BrNOS2/c15-10-6-5-9(8-17)13(7-10)19-14-16-11-3-1-2-4-12(11)18-14/h1-7,17H,8H2. The van der Waals surface area contributed by atoms with Gasteiger partial charge in [-0.3, -0.25) is 0 Å². The van der Waals surface area contributed by atoms with Crippen LogP contribution in [0.2, 0.25) is 0 Å². The normalized spacial score (nSPS) is 11.1. The summed E-state index contributed by atoms with van der Waals surface area (Å²) >= 11 is 6.73. The Balaban J connectivity index is 1.98. The SMILES string of the molecule is OCc1ccc(Br)cc1Sc1nc2ccccc2s1. The van der Waals surface area contributed by atoms with E-state index in [9.17, 15) is 5.11 Å². The Morgan fingerprint density at radius 1 is 1.21 bits per heavy atom. The number of hydrogen-bond donors (Lipinski definition) is 1. The summed E-state index contributed by atoms with van der Waals surface area (Å²) in [6, 6.07) is 14.0. The molecule has 0 saturated heterocycles. The molecule has 0 aliphatic carbocycles. The largest absolute Gasteiger partial charge is 0.392 e. The van der Waals surface area contributed by atoms with Crippen molar-refractivity contribution in [1.29, 1.82) is 0 Å². The lowest BCUT2D eigenvalue weighted by Gasteiger charge is -2.05. The number of hydrogen-bond acceptors (Lipinski definition) is 4. The number of para-hydroxylation sites is 1. The van der Waals surface area contributed by atoms with Gasteiger partial charge in [-0.15, -0.1) is 11.3 Å². The fourth-order valence-electron chi connectivity index (χ4n) is 1.74. The molecule has 0 bridgehead atoms. The number of benzene rings is 2. The van der Waals surface area contributed by atoms with E-state index in [1.807, 2.05) is 36.4 Å². The number of halogens is 1. The van der Waals surface area contributed by atoms with E-state index < -0.39 is 0 Å². The van der Waals surface area contributed by atoms with Crippen molar-refractivity contribution < 1.29 is 5.11 Å². The van der Waals surface area contributed by atoms with E-state index >= 15 is 0 Å². The number of thiazole rings is 1. The summed E-state index contributed by atoms with van der Waals surface area (Å²) in [6.45, 7) is 0.0422. The van der Waals surface area contributed by atoms with Gasteiger partial charge in [-0.2, -0.15) is 0 Å². The van der Waals surface area contributed by atoms with Gasteiger partial charge in [-0.1, -0.05) is 45.9 Å². The molecule has 96 valence electrons. The topological polar surface area (TPSA) is 33.1 Å². The maximum Gasteiger partial charge on any atom is 0.155 e. The zero-order valence-corrected chi connectivity index (χ0v) is 13.1. The molecule has 2 aromatic carbocycles. The molecule has 1 aromatic heterocycles. The minimum Gasteiger partial charge on any atom is -0.392 e. The number of nitrogens with zero attached hydrogens (tertiary/aromatic N) is 1. The Bertz CT molecular complexity index is 693. The van der Waals surface area contributed by atoms with Crippen LogP contribution in [0.15, 0.2) is 56.2 Å². The minimum absolute atomic E-state index is 0.0422. The Kier molecular flexibility index (Phi) is 3.88. The van der Waals surface area contributed by atoms with Crippen LogP contribution in [0, 0.1) is 0 Å². The van der Waals surface area contributed by atoms with Crippen LogP contribution in [0.4, 0.5) is 0 Å². The van der Waals surface area contributed by atoms with Crippen molar-refractivity contribution >= 4 is 49.2 Å². The van der Waals surface area contributed by atoms with Gasteiger partial charge in [0.15, 0.2) is 4.34 Å². The Labute approximate surface area is 127 Å². The first kappa shape index (κ1) is 13.1. The molecule has 5 heteroatoms. The first-order valence-electron chi connectivity index (χ1n) is 5.69. The summed E-state index contributed by atoms with van der Waals surface area (Å²) in [4.78, 5) is 5.64. The van der Waals surface area contributed by atoms with Crippen LogP contribution in [0.5, 0.6) is 0 Å². The third-order valence-electron chi connectivity index (χ3n) is 2.67. The molecule has 0 radical (unpaired) electrons. The maximum absolute atomic E-state index is 9.38. The molecule has 1 N–H and O–H groups in total. The van der Waals surface area contributed by atoms with Crippen LogP contribution < -0.4 is 0 Å². The molecular weight excluding hydrogens is 342 g/mol. The van der Waals surface area contributed by atoms with Crippen LogP contribution in [0.25, 0.3) is 10.2 Å². The van der Waals surface area contributed by atoms with Gasteiger partial charge in [-0.25, -0.2) is 4.98 Å². The molecule has 3 rings (SSSR count). The molecule has 0 aliphatic heterocycles. The first-order valence-corrected chi connectivity index (χ1v) is 8.11. The molecule has 0 spiro atoms. The number of rotatable bonds is 3. The van der Waals surface area contributed by atoms with Crippen LogP contribution >= 0.6 is 39.0 Å². The van der Waals surface area contributed by atoms with Crippen molar-refractivity contribution in [1.82, 2.24) is 4.98 Å². The Morgan fingerprint density at radius 3 is 2.84 bits per heavy atom. The van der Waals surface area contributed by atoms with Gasteiger partial charge in [0, 0.05) is 9.37 Å². The highest BCUT2D eigenvalue weighted by Crippen LogP contribution is 2.37. The summed E-state index contributed by atoms with van der Waals surface area (Å²) in [5.74, 6) is 0. The van der Waals surface area contributed by atoms with E-state index in [-0.39, 0.29) is 6.61 Å². The zero-order valence-electron chi connectivity index (χ0n) is 9.84. The van der Waals surface area contributed by atoms with Crippen molar-refractivity contribution in [2.75, 3.05) is 0 Å². The van der Waals surface area contributed by atoms with Gasteiger partial charge in [0.1, 0.15) is 0 Å². The summed E-state index contributed by atoms with van der Waals surface area (Å²) < 4.78 is 3.19. The molecule has 0 amide bonds. The summed E-state index contributed by atoms with van der Waals surface area (Å²) in [7, 11) is 0. The highest BCUT2D eigenvalue weighted by Gasteiger charge is 2.09. The number of fused-ring (bicyclic) bond motifs is 1. The third-order valence-corrected chi connectivity index (χ3v) is 5.36. The molecule has 3 aromatic rings. The molecule has 0 atom stereocenters. The Hall–Kier alpha value is -0.880. The predicted molar refractivity (Wildman–Crippen MR) is 83.8 cm³/mol. The van der Waals surface area contributed by atoms with Gasteiger partial charge in [0.25, 0.3) is 0 Å². The van der Waals surface area contributed by atoms with Gasteiger partial charge < -0.3 is 5.11 Å². The van der Waals surface area contributed by atoms with Gasteiger partial charge in [-0.05, 0) is 29.8 Å². The lowest BCUT2D eigenvalue weighted by molar-refractivity contribution is 0.279. The lowest BCUT2D eigenvalue weighted by atomic mass is 10.2. The summed E-state index contributed by atoms with van der Waals surface area (Å²) in [5, 5.41) is 9.38. The zero-order chi connectivity index (χ0) is 13.2. The second kappa shape index (κ2) is 5.63. The van der Waals surface area contributed by atoms with Crippen molar-refractivity contribution in [3.8, 4) is 0 Å². The Morgan fingerprint density at radius 2 is 2.05 bits per heavy atom. The fraction of sp³-hybridized carbons (Fsp3) is 0.0714. The monoisotopic (exact) mass is 351 g/mol. The fourth-order valence-corrected chi connectivity index (χ4v) is 4.44. The van der Waals surface area contributed by atoms with E-state index in [0.29, 0.717) is 0 Å². The quantitative estimate of drug-likeness (QED) is 0.742. The molecular formula is C14H10BrNOS2. The highest BCUT2D eigenvalue weighted by molar-refractivity contribution is 9.10. The van der Waals surface area contributed by atoms with Crippen LogP contribution in [-0.2, 0) is 6.61 Å². The van der Waals surface area contributed by atoms with E-state index in [4.69, 9.17) is 0 Å². The van der Waals surface area contributed by atoms with E-state index in [1.165, 1.54) is 4.70 Å². The van der Waals surface area contributed by atoms with E-state index in [1.54, 1.807) is 23.1 Å². The maximum atomic E-state index is 9.38. The van der Waals surface area contributed by atoms with Gasteiger partial charge in [0.2, 0.25) is 0 Å². The van der Waals surface area contributed by atoms with Crippen LogP contribution in [0.3, 0.4) is 0 Å². The average molecular weight is 352 g/mol. The second-order valence-electron chi connectivity index (χ2n) is 3.96. The first-order chi connectivity index (χ1) is 9.26. The molecule has 0 unspecified atom stereocenters. The van der Waals surface area contributed by atoms with Crippen molar-refractivity contribution in [2.45, 2.75) is 15.8 Å². The molecule has 0 fully saturated rings. The lowest BCUT2D eigenvalue weighted by Crippen LogP contribution is -1.87. The van der Waals surface area contributed by atoms with Crippen molar-refractivity contribution in [3.63, 3.8) is 0 Å². The predicted octanol–water partition coefficient (Wildman–Crippen LogP) is 4.70. The number of aromatic nitrogens is 1. The van der Waals surface area contributed by atoms with E-state index in [0.717, 1.165) is 24.8 Å². The number of aliphatic hydroxyl groups excluding tert-OH is 1. The number of aliphatic hydroxyl groups is 1. The van der Waals surface area contributed by atoms with Gasteiger partial charge in [0.05, 0.1) is 16.8 Å². The smallest absolute Gasteiger partial charge is 0.155 e. The van der Waals surface area contributed by atoms with Gasteiger partial charge >= 0.3 is 0 Å². The summed E-state index contributed by atoms with van der Waals surface area (Å²) in [6.07, 6.45) is 0. The molecule has 0 aliphatic rings. The second-order valence-corrected chi connectivity index (χ2v) is 7.20. The highest BCUT2D eigenvalue weighted by atomic mass is 79.9. The van der Waals surface area contributed by atoms with Crippen LogP contribution in [-0.4, -0.2) is 10.1 Å². The molecule has 0 saturated carbocycles. The average Bonchev–Trinajstić information content (AvgIpc) is 2.81. The van der Waals surface area contributed by atoms with Crippen molar-refractivity contribution in [2.24, 2.45) is 0 Å².